The molecule has 0 aromatic heterocycles. The minimum absolute atomic E-state index is 0.0164. The van der Waals surface area contributed by atoms with Crippen molar-refractivity contribution in [2.24, 2.45) is 23.5 Å². The maximum Gasteiger partial charge on any atom is 0.306 e. The second kappa shape index (κ2) is 6.37. The van der Waals surface area contributed by atoms with Gasteiger partial charge in [0.15, 0.2) is 0 Å². The smallest absolute Gasteiger partial charge is 0.306 e. The van der Waals surface area contributed by atoms with Gasteiger partial charge in [0.25, 0.3) is 0 Å². The van der Waals surface area contributed by atoms with E-state index < -0.39 is 5.97 Å². The Morgan fingerprint density at radius 2 is 1.79 bits per heavy atom. The number of nitrogens with one attached hydrogen (secondary N) is 1. The lowest BCUT2D eigenvalue weighted by molar-refractivity contribution is -0.143. The third-order valence-corrected chi connectivity index (χ3v) is 4.67. The third-order valence-electron chi connectivity index (χ3n) is 4.67. The van der Waals surface area contributed by atoms with Crippen LogP contribution in [0.25, 0.3) is 0 Å². The number of carbonyl (C=O) groups is 2. The fourth-order valence-corrected chi connectivity index (χ4v) is 3.30. The highest BCUT2D eigenvalue weighted by Crippen LogP contribution is 2.29. The second-order valence-electron chi connectivity index (χ2n) is 6.00. The van der Waals surface area contributed by atoms with Crippen molar-refractivity contribution in [1.29, 1.82) is 0 Å². The number of carboxylic acids is 1. The Labute approximate surface area is 113 Å². The molecule has 2 fully saturated rings. The molecule has 19 heavy (non-hydrogen) atoms. The van der Waals surface area contributed by atoms with Gasteiger partial charge >= 0.3 is 5.97 Å². The first-order valence-electron chi connectivity index (χ1n) is 7.34. The van der Waals surface area contributed by atoms with Crippen molar-refractivity contribution in [1.82, 2.24) is 5.32 Å². The standard InChI is InChI=1S/C14H24N2O3/c15-12-3-1-2-11(12)13(17)16-8-9-4-6-10(7-5-9)14(18)19/h9-12H,1-8,15H2,(H,16,17)(H,18,19). The number of rotatable bonds is 4. The van der Waals surface area contributed by atoms with Crippen molar-refractivity contribution in [3.63, 3.8) is 0 Å². The Kier molecular flexibility index (Phi) is 4.80. The lowest BCUT2D eigenvalue weighted by atomic mass is 9.82. The molecule has 108 valence electrons. The second-order valence-corrected chi connectivity index (χ2v) is 6.00. The van der Waals surface area contributed by atoms with Crippen LogP contribution in [0, 0.1) is 17.8 Å². The number of hydrogen-bond acceptors (Lipinski definition) is 3. The van der Waals surface area contributed by atoms with E-state index in [1.54, 1.807) is 0 Å². The molecule has 2 aliphatic carbocycles. The first kappa shape index (κ1) is 14.3. The summed E-state index contributed by atoms with van der Waals surface area (Å²) in [6.07, 6.45) is 6.16. The van der Waals surface area contributed by atoms with Crippen molar-refractivity contribution in [3.05, 3.63) is 0 Å². The minimum Gasteiger partial charge on any atom is -0.481 e. The van der Waals surface area contributed by atoms with Crippen molar-refractivity contribution in [3.8, 4) is 0 Å². The van der Waals surface area contributed by atoms with E-state index in [-0.39, 0.29) is 23.8 Å². The number of nitrogens with two attached hydrogens (primary N) is 1. The van der Waals surface area contributed by atoms with E-state index in [0.717, 1.165) is 44.9 Å². The Morgan fingerprint density at radius 1 is 1.11 bits per heavy atom. The number of amides is 1. The molecule has 2 unspecified atom stereocenters. The van der Waals surface area contributed by atoms with E-state index in [2.05, 4.69) is 5.32 Å². The summed E-state index contributed by atoms with van der Waals surface area (Å²) in [5, 5.41) is 11.9. The zero-order valence-electron chi connectivity index (χ0n) is 11.3. The molecule has 0 aromatic carbocycles. The lowest BCUT2D eigenvalue weighted by Gasteiger charge is -2.26. The summed E-state index contributed by atoms with van der Waals surface area (Å²) in [7, 11) is 0. The Hall–Kier alpha value is -1.10. The maximum absolute atomic E-state index is 12.0. The number of carbonyl (C=O) groups excluding carboxylic acids is 1. The number of carboxylic acid groups (broad SMARTS) is 1. The Balaban J connectivity index is 1.69. The molecule has 0 spiro atoms. The van der Waals surface area contributed by atoms with Crippen LogP contribution in [0.2, 0.25) is 0 Å². The molecule has 0 heterocycles. The van der Waals surface area contributed by atoms with Gasteiger partial charge in [0.05, 0.1) is 11.8 Å². The fraction of sp³-hybridized carbons (Fsp3) is 0.857. The van der Waals surface area contributed by atoms with Gasteiger partial charge in [0, 0.05) is 12.6 Å². The third kappa shape index (κ3) is 3.69. The molecular weight excluding hydrogens is 244 g/mol. The minimum atomic E-state index is -0.681. The summed E-state index contributed by atoms with van der Waals surface area (Å²) in [4.78, 5) is 22.8. The molecular formula is C14H24N2O3. The molecule has 5 nitrogen and oxygen atoms in total. The normalized spacial score (nSPS) is 35.0. The van der Waals surface area contributed by atoms with Crippen molar-refractivity contribution >= 4 is 11.9 Å². The molecule has 0 radical (unpaired) electrons. The summed E-state index contributed by atoms with van der Waals surface area (Å²) in [5.41, 5.74) is 5.91. The van der Waals surface area contributed by atoms with Crippen LogP contribution < -0.4 is 11.1 Å². The average Bonchev–Trinajstić information content (AvgIpc) is 2.83. The lowest BCUT2D eigenvalue weighted by Crippen LogP contribution is -2.41. The van der Waals surface area contributed by atoms with Crippen LogP contribution >= 0.6 is 0 Å². The molecule has 2 aliphatic rings. The van der Waals surface area contributed by atoms with Gasteiger partial charge in [0.1, 0.15) is 0 Å². The number of aliphatic carboxylic acids is 1. The van der Waals surface area contributed by atoms with Crippen molar-refractivity contribution in [2.45, 2.75) is 51.0 Å². The topological polar surface area (TPSA) is 92.4 Å². The van der Waals surface area contributed by atoms with E-state index in [1.807, 2.05) is 0 Å². The molecule has 2 saturated carbocycles. The predicted molar refractivity (Wildman–Crippen MR) is 71.4 cm³/mol. The molecule has 2 atom stereocenters. The van der Waals surface area contributed by atoms with Crippen molar-refractivity contribution in [2.75, 3.05) is 6.54 Å². The largest absolute Gasteiger partial charge is 0.481 e. The maximum atomic E-state index is 12.0. The van der Waals surface area contributed by atoms with E-state index in [9.17, 15) is 9.59 Å². The SMILES string of the molecule is NC1CCCC1C(=O)NCC1CCC(C(=O)O)CC1. The quantitative estimate of drug-likeness (QED) is 0.712. The average molecular weight is 268 g/mol. The highest BCUT2D eigenvalue weighted by molar-refractivity contribution is 5.79. The van der Waals surface area contributed by atoms with Gasteiger partial charge < -0.3 is 16.2 Å². The molecule has 0 aromatic rings. The van der Waals surface area contributed by atoms with Crippen LogP contribution in [0.5, 0.6) is 0 Å². The van der Waals surface area contributed by atoms with Gasteiger partial charge in [-0.1, -0.05) is 6.42 Å². The van der Waals surface area contributed by atoms with Gasteiger partial charge in [0.2, 0.25) is 5.91 Å². The van der Waals surface area contributed by atoms with E-state index in [1.165, 1.54) is 0 Å². The zero-order valence-corrected chi connectivity index (χ0v) is 11.3. The van der Waals surface area contributed by atoms with Gasteiger partial charge in [-0.25, -0.2) is 0 Å². The molecule has 0 saturated heterocycles. The fourth-order valence-electron chi connectivity index (χ4n) is 3.30. The summed E-state index contributed by atoms with van der Waals surface area (Å²) < 4.78 is 0. The van der Waals surface area contributed by atoms with Gasteiger partial charge in [-0.05, 0) is 44.4 Å². The van der Waals surface area contributed by atoms with Gasteiger partial charge in [-0.2, -0.15) is 0 Å². The van der Waals surface area contributed by atoms with Crippen LogP contribution in [0.4, 0.5) is 0 Å². The molecule has 2 rings (SSSR count). The van der Waals surface area contributed by atoms with E-state index in [4.69, 9.17) is 10.8 Å². The zero-order chi connectivity index (χ0) is 13.8. The summed E-state index contributed by atoms with van der Waals surface area (Å²) in [6.45, 7) is 0.675. The molecule has 1 amide bonds. The summed E-state index contributed by atoms with van der Waals surface area (Å²) in [6, 6.07) is 0.0164. The Bertz CT molecular complexity index is 338. The first-order valence-corrected chi connectivity index (χ1v) is 7.34. The summed E-state index contributed by atoms with van der Waals surface area (Å²) in [5.74, 6) is -0.368. The monoisotopic (exact) mass is 268 g/mol. The van der Waals surface area contributed by atoms with Crippen LogP contribution in [0.1, 0.15) is 44.9 Å². The van der Waals surface area contributed by atoms with Crippen LogP contribution in [0.3, 0.4) is 0 Å². The van der Waals surface area contributed by atoms with E-state index >= 15 is 0 Å². The predicted octanol–water partition coefficient (Wildman–Crippen LogP) is 1.12. The molecule has 0 aliphatic heterocycles. The Morgan fingerprint density at radius 3 is 2.32 bits per heavy atom. The van der Waals surface area contributed by atoms with Crippen LogP contribution in [-0.4, -0.2) is 29.6 Å². The van der Waals surface area contributed by atoms with Crippen LogP contribution in [-0.2, 0) is 9.59 Å². The molecule has 5 heteroatoms. The first-order chi connectivity index (χ1) is 9.08. The van der Waals surface area contributed by atoms with Crippen LogP contribution in [0.15, 0.2) is 0 Å². The number of hydrogen-bond donors (Lipinski definition) is 3. The molecule has 4 N–H and O–H groups in total. The highest BCUT2D eigenvalue weighted by Gasteiger charge is 2.31. The van der Waals surface area contributed by atoms with Gasteiger partial charge in [-0.3, -0.25) is 9.59 Å². The van der Waals surface area contributed by atoms with Gasteiger partial charge in [-0.15, -0.1) is 0 Å². The van der Waals surface area contributed by atoms with Crippen molar-refractivity contribution < 1.29 is 14.7 Å². The molecule has 0 bridgehead atoms. The van der Waals surface area contributed by atoms with E-state index in [0.29, 0.717) is 12.5 Å². The highest BCUT2D eigenvalue weighted by atomic mass is 16.4. The summed E-state index contributed by atoms with van der Waals surface area (Å²) >= 11 is 0.